The maximum absolute atomic E-state index is 2.50. The number of nitrogens with zero attached hydrogens (tertiary/aromatic N) is 3. The summed E-state index contributed by atoms with van der Waals surface area (Å²) in [6, 6.07) is 58.3. The molecule has 2 heterocycles. The van der Waals surface area contributed by atoms with Crippen molar-refractivity contribution in [3.8, 4) is 16.8 Å². The first-order valence-corrected chi connectivity index (χ1v) is 17.7. The molecule has 9 aromatic rings. The summed E-state index contributed by atoms with van der Waals surface area (Å²) in [5.74, 6) is 0. The zero-order valence-corrected chi connectivity index (χ0v) is 28.6. The molecule has 0 fully saturated rings. The van der Waals surface area contributed by atoms with Gasteiger partial charge in [-0.2, -0.15) is 0 Å². The van der Waals surface area contributed by atoms with Gasteiger partial charge in [0.2, 0.25) is 0 Å². The first-order valence-electron chi connectivity index (χ1n) is 17.7. The second-order valence-corrected chi connectivity index (χ2v) is 14.1. The van der Waals surface area contributed by atoms with Gasteiger partial charge in [0.05, 0.1) is 22.2 Å². The van der Waals surface area contributed by atoms with Crippen LogP contribution in [0.4, 0.5) is 17.1 Å². The maximum Gasteiger partial charge on any atom is 0.0561 e. The molecule has 0 amide bonds. The Kier molecular flexibility index (Phi) is 6.20. The topological polar surface area (TPSA) is 13.1 Å². The molecule has 2 aromatic heterocycles. The van der Waals surface area contributed by atoms with Crippen molar-refractivity contribution in [2.45, 2.75) is 32.7 Å². The highest BCUT2D eigenvalue weighted by molar-refractivity contribution is 6.16. The van der Waals surface area contributed by atoms with Gasteiger partial charge in [0.1, 0.15) is 0 Å². The molecule has 0 saturated heterocycles. The van der Waals surface area contributed by atoms with E-state index >= 15 is 0 Å². The Bertz CT molecular complexity index is 2780. The number of benzene rings is 7. The molecule has 0 aliphatic heterocycles. The molecule has 0 spiro atoms. The van der Waals surface area contributed by atoms with Gasteiger partial charge in [-0.1, -0.05) is 111 Å². The van der Waals surface area contributed by atoms with Crippen LogP contribution in [0.25, 0.3) is 60.4 Å². The van der Waals surface area contributed by atoms with Gasteiger partial charge in [-0.3, -0.25) is 0 Å². The Morgan fingerprint density at radius 2 is 1.14 bits per heavy atom. The van der Waals surface area contributed by atoms with Crippen molar-refractivity contribution in [3.05, 3.63) is 169 Å². The second-order valence-electron chi connectivity index (χ2n) is 14.1. The molecule has 0 bridgehead atoms. The van der Waals surface area contributed by atoms with E-state index in [4.69, 9.17) is 0 Å². The third kappa shape index (κ3) is 3.98. The molecule has 7 aromatic carbocycles. The van der Waals surface area contributed by atoms with Crippen LogP contribution in [0.3, 0.4) is 0 Å². The standard InChI is InChI=1S/C47H37N3/c1-4-48-41-21-12-10-19-37(41)46-43(48)23-14-24-44(46)49(32-26-28-40-38(29-32)34-17-8-11-20-39(34)47(40,2)3)33-25-27-36-35-18-9-13-22-42(35)50(45(36)30-33)31-15-6-5-7-16-31/h5-30H,4H2,1-3H3. The van der Waals surface area contributed by atoms with Crippen molar-refractivity contribution >= 4 is 60.7 Å². The lowest BCUT2D eigenvalue weighted by Gasteiger charge is -2.28. The van der Waals surface area contributed by atoms with Crippen LogP contribution in [-0.2, 0) is 12.0 Å². The van der Waals surface area contributed by atoms with E-state index in [1.807, 2.05) is 0 Å². The molecular weight excluding hydrogens is 607 g/mol. The lowest BCUT2D eigenvalue weighted by Crippen LogP contribution is -2.15. The highest BCUT2D eigenvalue weighted by Crippen LogP contribution is 2.51. The Labute approximate surface area is 292 Å². The minimum absolute atomic E-state index is 0.0562. The minimum atomic E-state index is -0.0562. The number of aromatic nitrogens is 2. The first kappa shape index (κ1) is 28.9. The Morgan fingerprint density at radius 3 is 1.98 bits per heavy atom. The number of para-hydroxylation sites is 3. The minimum Gasteiger partial charge on any atom is -0.341 e. The monoisotopic (exact) mass is 643 g/mol. The summed E-state index contributed by atoms with van der Waals surface area (Å²) in [7, 11) is 0. The lowest BCUT2D eigenvalue weighted by atomic mass is 9.82. The zero-order chi connectivity index (χ0) is 33.6. The van der Waals surface area contributed by atoms with Crippen LogP contribution < -0.4 is 4.90 Å². The average molecular weight is 644 g/mol. The van der Waals surface area contributed by atoms with Crippen LogP contribution in [-0.4, -0.2) is 9.13 Å². The van der Waals surface area contributed by atoms with Crippen molar-refractivity contribution in [2.24, 2.45) is 0 Å². The predicted molar refractivity (Wildman–Crippen MR) is 212 cm³/mol. The molecule has 0 unspecified atom stereocenters. The van der Waals surface area contributed by atoms with Gasteiger partial charge < -0.3 is 14.0 Å². The Balaban J connectivity index is 1.30. The largest absolute Gasteiger partial charge is 0.341 e. The van der Waals surface area contributed by atoms with Crippen LogP contribution in [0.1, 0.15) is 31.9 Å². The molecule has 3 nitrogen and oxygen atoms in total. The summed E-state index contributed by atoms with van der Waals surface area (Å²) in [4.78, 5) is 2.50. The molecular formula is C47H37N3. The van der Waals surface area contributed by atoms with Gasteiger partial charge in [0.25, 0.3) is 0 Å². The number of aryl methyl sites for hydroxylation is 1. The van der Waals surface area contributed by atoms with Crippen LogP contribution in [0.15, 0.2) is 158 Å². The normalized spacial score (nSPS) is 13.3. The molecule has 3 heteroatoms. The summed E-state index contributed by atoms with van der Waals surface area (Å²) in [6.45, 7) is 7.85. The number of hydrogen-bond donors (Lipinski definition) is 0. The predicted octanol–water partition coefficient (Wildman–Crippen LogP) is 12.7. The summed E-state index contributed by atoms with van der Waals surface area (Å²) in [5, 5.41) is 5.06. The third-order valence-electron chi connectivity index (χ3n) is 11.1. The molecule has 0 radical (unpaired) electrons. The van der Waals surface area contributed by atoms with Gasteiger partial charge >= 0.3 is 0 Å². The highest BCUT2D eigenvalue weighted by Gasteiger charge is 2.35. The van der Waals surface area contributed by atoms with Crippen molar-refractivity contribution in [3.63, 3.8) is 0 Å². The van der Waals surface area contributed by atoms with E-state index in [0.29, 0.717) is 0 Å². The summed E-state index contributed by atoms with van der Waals surface area (Å²) < 4.78 is 4.86. The fraction of sp³-hybridized carbons (Fsp3) is 0.106. The van der Waals surface area contributed by atoms with Crippen molar-refractivity contribution < 1.29 is 0 Å². The van der Waals surface area contributed by atoms with Crippen LogP contribution in [0.5, 0.6) is 0 Å². The quantitative estimate of drug-likeness (QED) is 0.182. The van der Waals surface area contributed by atoms with Crippen molar-refractivity contribution in [2.75, 3.05) is 4.90 Å². The molecule has 10 rings (SSSR count). The van der Waals surface area contributed by atoms with Crippen LogP contribution >= 0.6 is 0 Å². The number of hydrogen-bond acceptors (Lipinski definition) is 1. The molecule has 0 N–H and O–H groups in total. The van der Waals surface area contributed by atoms with Gasteiger partial charge in [-0.15, -0.1) is 0 Å². The maximum atomic E-state index is 2.50. The highest BCUT2D eigenvalue weighted by atomic mass is 15.2. The molecule has 1 aliphatic carbocycles. The Morgan fingerprint density at radius 1 is 0.500 bits per heavy atom. The molecule has 240 valence electrons. The van der Waals surface area contributed by atoms with Crippen LogP contribution in [0, 0.1) is 0 Å². The third-order valence-corrected chi connectivity index (χ3v) is 11.1. The molecule has 0 atom stereocenters. The van der Waals surface area contributed by atoms with E-state index < -0.39 is 0 Å². The number of anilines is 3. The van der Waals surface area contributed by atoms with Gasteiger partial charge in [0, 0.05) is 56.1 Å². The summed E-state index contributed by atoms with van der Waals surface area (Å²) in [5.41, 5.74) is 14.9. The van der Waals surface area contributed by atoms with E-state index in [2.05, 4.69) is 193 Å². The second kappa shape index (κ2) is 10.7. The van der Waals surface area contributed by atoms with E-state index in [1.54, 1.807) is 0 Å². The van der Waals surface area contributed by atoms with Crippen molar-refractivity contribution in [1.29, 1.82) is 0 Å². The van der Waals surface area contributed by atoms with Crippen LogP contribution in [0.2, 0.25) is 0 Å². The summed E-state index contributed by atoms with van der Waals surface area (Å²) in [6.07, 6.45) is 0. The zero-order valence-electron chi connectivity index (χ0n) is 28.6. The van der Waals surface area contributed by atoms with Crippen molar-refractivity contribution in [1.82, 2.24) is 9.13 Å². The SMILES string of the molecule is CCn1c2ccccc2c2c(N(c3ccc4c(c3)-c3ccccc3C4(C)C)c3ccc4c5ccccc5n(-c5ccccc5)c4c3)cccc21. The smallest absolute Gasteiger partial charge is 0.0561 e. The van der Waals surface area contributed by atoms with E-state index in [9.17, 15) is 0 Å². The summed E-state index contributed by atoms with van der Waals surface area (Å²) >= 11 is 0. The van der Waals surface area contributed by atoms with E-state index in [0.717, 1.165) is 23.6 Å². The number of rotatable bonds is 5. The van der Waals surface area contributed by atoms with Gasteiger partial charge in [-0.05, 0) is 89.8 Å². The van der Waals surface area contributed by atoms with Gasteiger partial charge in [0.15, 0.2) is 0 Å². The number of fused-ring (bicyclic) bond motifs is 9. The molecule has 0 saturated carbocycles. The van der Waals surface area contributed by atoms with Gasteiger partial charge in [-0.25, -0.2) is 0 Å². The molecule has 50 heavy (non-hydrogen) atoms. The fourth-order valence-electron chi connectivity index (χ4n) is 8.83. The molecule has 1 aliphatic rings. The Hall–Kier alpha value is -6.06. The van der Waals surface area contributed by atoms with E-state index in [1.165, 1.54) is 71.6 Å². The average Bonchev–Trinajstić information content (AvgIpc) is 3.75. The lowest BCUT2D eigenvalue weighted by molar-refractivity contribution is 0.660. The fourth-order valence-corrected chi connectivity index (χ4v) is 8.83. The first-order chi connectivity index (χ1) is 24.5. The van der Waals surface area contributed by atoms with E-state index in [-0.39, 0.29) is 5.41 Å².